The summed E-state index contributed by atoms with van der Waals surface area (Å²) in [5.41, 5.74) is 0. The molecule has 2 heterocycles. The number of β-amino-alcohol motifs (C(OH)–C–C–N with tert-alkyl or cyclic N) is 1. The molecule has 0 spiro atoms. The van der Waals surface area contributed by atoms with Gasteiger partial charge in [0.15, 0.2) is 0 Å². The Balaban J connectivity index is 1.87. The lowest BCUT2D eigenvalue weighted by atomic mass is 10.3. The van der Waals surface area contributed by atoms with Crippen molar-refractivity contribution in [1.29, 1.82) is 0 Å². The number of hydrogen-bond donors (Lipinski definition) is 1. The van der Waals surface area contributed by atoms with E-state index in [1.165, 1.54) is 0 Å². The van der Waals surface area contributed by atoms with Crippen molar-refractivity contribution < 1.29 is 5.11 Å². The Labute approximate surface area is 108 Å². The topological polar surface area (TPSA) is 57.4 Å². The molecule has 0 atom stereocenters. The van der Waals surface area contributed by atoms with Crippen LogP contribution in [0.15, 0.2) is 6.33 Å². The van der Waals surface area contributed by atoms with E-state index in [4.69, 9.17) is 5.11 Å². The Morgan fingerprint density at radius 1 is 1.22 bits per heavy atom. The molecule has 1 aromatic rings. The van der Waals surface area contributed by atoms with Gasteiger partial charge in [-0.05, 0) is 26.4 Å². The number of aromatic nitrogens is 3. The predicted octanol–water partition coefficient (Wildman–Crippen LogP) is -0.202. The zero-order chi connectivity index (χ0) is 12.8. The normalized spacial score (nSPS) is 19.0. The van der Waals surface area contributed by atoms with Gasteiger partial charge in [0.05, 0.1) is 13.2 Å². The fourth-order valence-electron chi connectivity index (χ4n) is 2.42. The van der Waals surface area contributed by atoms with Crippen LogP contribution < -0.4 is 0 Å². The third kappa shape index (κ3) is 3.51. The minimum absolute atomic E-state index is 0.254. The number of aryl methyl sites for hydroxylation is 1. The first kappa shape index (κ1) is 13.5. The van der Waals surface area contributed by atoms with Crippen molar-refractivity contribution in [1.82, 2.24) is 24.6 Å². The highest BCUT2D eigenvalue weighted by Crippen LogP contribution is 2.07. The summed E-state index contributed by atoms with van der Waals surface area (Å²) in [5.74, 6) is 1.05. The number of hydrogen-bond acceptors (Lipinski definition) is 5. The molecule has 1 aliphatic heterocycles. The van der Waals surface area contributed by atoms with E-state index >= 15 is 0 Å². The van der Waals surface area contributed by atoms with E-state index in [1.807, 2.05) is 4.68 Å². The predicted molar refractivity (Wildman–Crippen MR) is 69.1 cm³/mol. The molecule has 0 bridgehead atoms. The molecule has 0 radical (unpaired) electrons. The fourth-order valence-corrected chi connectivity index (χ4v) is 2.42. The van der Waals surface area contributed by atoms with Gasteiger partial charge in [-0.2, -0.15) is 5.10 Å². The van der Waals surface area contributed by atoms with E-state index in [0.717, 1.165) is 58.1 Å². The van der Waals surface area contributed by atoms with Gasteiger partial charge in [0.25, 0.3) is 0 Å². The zero-order valence-corrected chi connectivity index (χ0v) is 11.1. The highest BCUT2D eigenvalue weighted by atomic mass is 16.3. The molecule has 1 fully saturated rings. The molecule has 2 rings (SSSR count). The molecule has 6 heteroatoms. The molecular formula is C12H23N5O. The standard InChI is InChI=1S/C12H23N5O/c1-2-17-12(13-11-14-17)10-16-5-3-4-15(6-7-16)8-9-18/h11,18H,2-10H2,1H3. The van der Waals surface area contributed by atoms with Gasteiger partial charge in [-0.15, -0.1) is 0 Å². The highest BCUT2D eigenvalue weighted by Gasteiger charge is 2.16. The van der Waals surface area contributed by atoms with Crippen molar-refractivity contribution in [3.05, 3.63) is 12.2 Å². The first-order valence-electron chi connectivity index (χ1n) is 6.75. The molecule has 0 amide bonds. The van der Waals surface area contributed by atoms with Gasteiger partial charge in [0.1, 0.15) is 12.2 Å². The van der Waals surface area contributed by atoms with Crippen LogP contribution >= 0.6 is 0 Å². The Hall–Kier alpha value is -0.980. The first-order chi connectivity index (χ1) is 8.83. The number of nitrogens with zero attached hydrogens (tertiary/aromatic N) is 5. The molecule has 0 saturated carbocycles. The summed E-state index contributed by atoms with van der Waals surface area (Å²) in [6.45, 7) is 9.13. The van der Waals surface area contributed by atoms with Crippen molar-refractivity contribution >= 4 is 0 Å². The third-order valence-corrected chi connectivity index (χ3v) is 3.46. The average Bonchev–Trinajstić information content (AvgIpc) is 2.71. The molecule has 0 aromatic carbocycles. The molecule has 0 aliphatic carbocycles. The van der Waals surface area contributed by atoms with Crippen LogP contribution in [0.3, 0.4) is 0 Å². The second-order valence-corrected chi connectivity index (χ2v) is 4.69. The van der Waals surface area contributed by atoms with E-state index in [1.54, 1.807) is 6.33 Å². The summed E-state index contributed by atoms with van der Waals surface area (Å²) in [7, 11) is 0. The zero-order valence-electron chi connectivity index (χ0n) is 11.1. The lowest BCUT2D eigenvalue weighted by Gasteiger charge is -2.20. The largest absolute Gasteiger partial charge is 0.395 e. The molecule has 1 aromatic heterocycles. The van der Waals surface area contributed by atoms with Crippen LogP contribution in [0.25, 0.3) is 0 Å². The van der Waals surface area contributed by atoms with Crippen LogP contribution in [-0.4, -0.2) is 69.0 Å². The van der Waals surface area contributed by atoms with Crippen LogP contribution in [0.1, 0.15) is 19.2 Å². The second-order valence-electron chi connectivity index (χ2n) is 4.69. The van der Waals surface area contributed by atoms with Gasteiger partial charge in [0, 0.05) is 26.2 Å². The maximum absolute atomic E-state index is 8.98. The van der Waals surface area contributed by atoms with E-state index < -0.39 is 0 Å². The number of aliphatic hydroxyl groups is 1. The maximum Gasteiger partial charge on any atom is 0.140 e. The lowest BCUT2D eigenvalue weighted by molar-refractivity contribution is 0.195. The minimum atomic E-state index is 0.254. The van der Waals surface area contributed by atoms with Crippen LogP contribution in [-0.2, 0) is 13.1 Å². The molecule has 6 nitrogen and oxygen atoms in total. The Morgan fingerprint density at radius 3 is 2.78 bits per heavy atom. The molecule has 0 unspecified atom stereocenters. The molecule has 1 N–H and O–H groups in total. The van der Waals surface area contributed by atoms with Crippen molar-refractivity contribution in [2.24, 2.45) is 0 Å². The third-order valence-electron chi connectivity index (χ3n) is 3.46. The van der Waals surface area contributed by atoms with Crippen LogP contribution in [0.4, 0.5) is 0 Å². The van der Waals surface area contributed by atoms with Gasteiger partial charge in [-0.1, -0.05) is 0 Å². The van der Waals surface area contributed by atoms with Crippen molar-refractivity contribution in [2.75, 3.05) is 39.3 Å². The quantitative estimate of drug-likeness (QED) is 0.787. The summed E-state index contributed by atoms with van der Waals surface area (Å²) >= 11 is 0. The summed E-state index contributed by atoms with van der Waals surface area (Å²) < 4.78 is 1.95. The number of rotatable bonds is 5. The molecule has 1 saturated heterocycles. The molecule has 102 valence electrons. The van der Waals surface area contributed by atoms with Gasteiger partial charge < -0.3 is 5.11 Å². The monoisotopic (exact) mass is 253 g/mol. The molecule has 18 heavy (non-hydrogen) atoms. The molecule has 1 aliphatic rings. The maximum atomic E-state index is 8.98. The average molecular weight is 253 g/mol. The second kappa shape index (κ2) is 6.82. The van der Waals surface area contributed by atoms with Gasteiger partial charge >= 0.3 is 0 Å². The van der Waals surface area contributed by atoms with Crippen LogP contribution in [0, 0.1) is 0 Å². The molecular weight excluding hydrogens is 230 g/mol. The van der Waals surface area contributed by atoms with Crippen LogP contribution in [0.5, 0.6) is 0 Å². The van der Waals surface area contributed by atoms with Gasteiger partial charge in [-0.25, -0.2) is 9.67 Å². The lowest BCUT2D eigenvalue weighted by Crippen LogP contribution is -2.32. The van der Waals surface area contributed by atoms with Crippen molar-refractivity contribution in [3.63, 3.8) is 0 Å². The summed E-state index contributed by atoms with van der Waals surface area (Å²) in [4.78, 5) is 9.07. The Kier molecular flexibility index (Phi) is 5.10. The smallest absolute Gasteiger partial charge is 0.140 e. The van der Waals surface area contributed by atoms with Gasteiger partial charge in [0.2, 0.25) is 0 Å². The summed E-state index contributed by atoms with van der Waals surface area (Å²) in [5, 5.41) is 13.2. The minimum Gasteiger partial charge on any atom is -0.395 e. The van der Waals surface area contributed by atoms with E-state index in [9.17, 15) is 0 Å². The van der Waals surface area contributed by atoms with E-state index in [-0.39, 0.29) is 6.61 Å². The summed E-state index contributed by atoms with van der Waals surface area (Å²) in [6.07, 6.45) is 2.79. The van der Waals surface area contributed by atoms with E-state index in [2.05, 4.69) is 26.8 Å². The SMILES string of the molecule is CCn1ncnc1CN1CCCN(CCO)CC1. The van der Waals surface area contributed by atoms with Gasteiger partial charge in [-0.3, -0.25) is 9.80 Å². The van der Waals surface area contributed by atoms with Crippen LogP contribution in [0.2, 0.25) is 0 Å². The highest BCUT2D eigenvalue weighted by molar-refractivity contribution is 4.85. The summed E-state index contributed by atoms with van der Waals surface area (Å²) in [6, 6.07) is 0. The first-order valence-corrected chi connectivity index (χ1v) is 6.75. The Morgan fingerprint density at radius 2 is 2.00 bits per heavy atom. The fraction of sp³-hybridized carbons (Fsp3) is 0.833. The van der Waals surface area contributed by atoms with E-state index in [0.29, 0.717) is 0 Å². The Bertz CT molecular complexity index is 354. The van der Waals surface area contributed by atoms with Crippen molar-refractivity contribution in [2.45, 2.75) is 26.4 Å². The van der Waals surface area contributed by atoms with Crippen molar-refractivity contribution in [3.8, 4) is 0 Å². The number of aliphatic hydroxyl groups excluding tert-OH is 1.